The molecule has 2 aliphatic rings. The number of unbranched alkanes of at least 4 members (excludes halogenated alkanes) is 1. The van der Waals surface area contributed by atoms with E-state index in [1.165, 1.54) is 17.0 Å². The quantitative estimate of drug-likeness (QED) is 0.0277. The van der Waals surface area contributed by atoms with Crippen LogP contribution in [0.5, 0.6) is 0 Å². The monoisotopic (exact) mass is 777 g/mol. The number of ether oxygens (including phenoxy) is 1. The number of carbonyl (C=O) groups excluding carboxylic acids is 2. The van der Waals surface area contributed by atoms with E-state index in [2.05, 4.69) is 124 Å². The number of nitrogens with zero attached hydrogens (tertiary/aromatic N) is 2. The van der Waals surface area contributed by atoms with Crippen LogP contribution < -0.4 is 4.90 Å². The zero-order chi connectivity index (χ0) is 40.8. The maximum atomic E-state index is 13.1. The van der Waals surface area contributed by atoms with Gasteiger partial charge in [-0.2, -0.15) is 13.0 Å². The third kappa shape index (κ3) is 9.56. The van der Waals surface area contributed by atoms with E-state index < -0.39 is 16.1 Å². The van der Waals surface area contributed by atoms with Crippen molar-refractivity contribution in [1.29, 1.82) is 0 Å². The molecule has 0 fully saturated rings. The second kappa shape index (κ2) is 17.5. The Labute approximate surface area is 333 Å². The summed E-state index contributed by atoms with van der Waals surface area (Å²) in [6.45, 7) is 19.9. The molecule has 3 aromatic rings. The van der Waals surface area contributed by atoms with Crippen molar-refractivity contribution < 1.29 is 31.9 Å². The molecule has 8 nitrogen and oxygen atoms in total. The molecule has 0 radical (unpaired) electrons. The molecule has 0 saturated heterocycles. The smallest absolute Gasteiger partial charge is 0.333 e. The lowest BCUT2D eigenvalue weighted by Crippen LogP contribution is -2.28. The van der Waals surface area contributed by atoms with Gasteiger partial charge in [-0.3, -0.25) is 9.35 Å². The van der Waals surface area contributed by atoms with Gasteiger partial charge in [0.25, 0.3) is 10.1 Å². The van der Waals surface area contributed by atoms with E-state index in [0.29, 0.717) is 24.1 Å². The molecule has 1 N–H and O–H groups in total. The van der Waals surface area contributed by atoms with Crippen molar-refractivity contribution in [2.45, 2.75) is 91.4 Å². The fourth-order valence-corrected chi connectivity index (χ4v) is 8.23. The van der Waals surface area contributed by atoms with Crippen LogP contribution in [0.4, 0.5) is 11.4 Å². The topological polar surface area (TPSA) is 104 Å². The normalized spacial score (nSPS) is 16.8. The molecule has 0 amide bonds. The van der Waals surface area contributed by atoms with E-state index in [1.54, 1.807) is 6.92 Å². The molecule has 0 atom stereocenters. The fourth-order valence-electron chi connectivity index (χ4n) is 7.73. The first-order chi connectivity index (χ1) is 26.5. The van der Waals surface area contributed by atoms with Crippen LogP contribution in [0.3, 0.4) is 0 Å². The van der Waals surface area contributed by atoms with Gasteiger partial charge in [-0.05, 0) is 75.5 Å². The zero-order valence-corrected chi connectivity index (χ0v) is 34.8. The summed E-state index contributed by atoms with van der Waals surface area (Å²) >= 11 is 0. The minimum absolute atomic E-state index is 0.0278. The van der Waals surface area contributed by atoms with Crippen molar-refractivity contribution in [3.8, 4) is 0 Å². The van der Waals surface area contributed by atoms with Crippen LogP contribution in [0, 0.1) is 6.92 Å². The Morgan fingerprint density at radius 1 is 0.929 bits per heavy atom. The Balaban J connectivity index is 1.56. The number of benzene rings is 3. The summed E-state index contributed by atoms with van der Waals surface area (Å²) in [5.74, 6) is -0.806. The highest BCUT2D eigenvalue weighted by Crippen LogP contribution is 2.48. The lowest BCUT2D eigenvalue weighted by atomic mass is 9.81. The summed E-state index contributed by atoms with van der Waals surface area (Å²) in [6.07, 6.45) is 11.7. The lowest BCUT2D eigenvalue weighted by Gasteiger charge is -2.27. The SMILES string of the molecule is C=C(C)C(=O)OCCCC(=O)c1ccc(C(=C\C=C2/N(CCCS(=O)(=O)O)c3ccc(C)cc3C2(C)C)/C=C/C2=[N+](CCCC)c3ccccc3C2(C)C)cc1. The first-order valence-electron chi connectivity index (χ1n) is 19.6. The Morgan fingerprint density at radius 2 is 1.62 bits per heavy atom. The number of hydrogen-bond donors (Lipinski definition) is 1. The standard InChI is InChI=1S/C47H56N2O6S/c1-9-10-28-48-40-16-12-11-15-38(40)46(5,6)43(48)26-23-36(35-19-21-37(22-20-35)42(50)17-13-30-55-45(51)33(2)3)24-27-44-47(7,8)39-32-34(4)18-25-41(39)49(44)29-14-31-56(52,53)54/h11-12,15-16,18-27,32H,2,9-10,13-14,17,28-31H2,1,3-8H3/p+1. The largest absolute Gasteiger partial charge is 0.462 e. The third-order valence-corrected chi connectivity index (χ3v) is 11.7. The van der Waals surface area contributed by atoms with E-state index in [4.69, 9.17) is 4.74 Å². The fraction of sp³-hybridized carbons (Fsp3) is 0.383. The molecule has 0 aliphatic carbocycles. The average molecular weight is 778 g/mol. The van der Waals surface area contributed by atoms with Gasteiger partial charge in [0, 0.05) is 65.0 Å². The number of para-hydroxylation sites is 1. The van der Waals surface area contributed by atoms with E-state index in [-0.39, 0.29) is 41.8 Å². The second-order valence-electron chi connectivity index (χ2n) is 16.0. The number of rotatable bonds is 17. The Bertz CT molecular complexity index is 2220. The van der Waals surface area contributed by atoms with E-state index in [1.807, 2.05) is 24.3 Å². The number of aryl methyl sites for hydroxylation is 1. The first kappa shape index (κ1) is 42.3. The third-order valence-electron chi connectivity index (χ3n) is 10.9. The van der Waals surface area contributed by atoms with Crippen LogP contribution >= 0.6 is 0 Å². The van der Waals surface area contributed by atoms with Crippen molar-refractivity contribution >= 4 is 44.5 Å². The van der Waals surface area contributed by atoms with Gasteiger partial charge in [-0.25, -0.2) is 4.79 Å². The van der Waals surface area contributed by atoms with Crippen molar-refractivity contribution in [3.05, 3.63) is 137 Å². The molecule has 0 unspecified atom stereocenters. The molecule has 296 valence electrons. The molecule has 0 aromatic heterocycles. The average Bonchev–Trinajstić information content (AvgIpc) is 3.49. The Kier molecular flexibility index (Phi) is 13.2. The van der Waals surface area contributed by atoms with Gasteiger partial charge in [0.2, 0.25) is 5.69 Å². The van der Waals surface area contributed by atoms with Gasteiger partial charge >= 0.3 is 5.97 Å². The first-order valence-corrected chi connectivity index (χ1v) is 21.2. The summed E-state index contributed by atoms with van der Waals surface area (Å²) in [4.78, 5) is 27.0. The molecule has 9 heteroatoms. The molecule has 5 rings (SSSR count). The van der Waals surface area contributed by atoms with Crippen LogP contribution in [0.2, 0.25) is 0 Å². The predicted molar refractivity (Wildman–Crippen MR) is 228 cm³/mol. The summed E-state index contributed by atoms with van der Waals surface area (Å²) in [6, 6.07) is 22.6. The van der Waals surface area contributed by atoms with Crippen LogP contribution in [-0.4, -0.2) is 60.5 Å². The minimum atomic E-state index is -4.11. The molecule has 0 spiro atoms. The van der Waals surface area contributed by atoms with Gasteiger partial charge in [-0.15, -0.1) is 0 Å². The number of carbonyl (C=O) groups is 2. The molecule has 0 bridgehead atoms. The van der Waals surface area contributed by atoms with E-state index in [9.17, 15) is 22.6 Å². The lowest BCUT2D eigenvalue weighted by molar-refractivity contribution is -0.438. The molecular weight excluding hydrogens is 721 g/mol. The van der Waals surface area contributed by atoms with Gasteiger partial charge in [0.15, 0.2) is 11.5 Å². The second-order valence-corrected chi connectivity index (χ2v) is 17.6. The molecule has 3 aromatic carbocycles. The zero-order valence-electron chi connectivity index (χ0n) is 34.0. The molecule has 2 aliphatic heterocycles. The number of Topliss-reactive ketones (excluding diaryl/α,β-unsaturated/α-hetero) is 1. The van der Waals surface area contributed by atoms with Crippen LogP contribution in [0.25, 0.3) is 5.57 Å². The number of ketones is 1. The molecular formula is C47H57N2O6S+. The van der Waals surface area contributed by atoms with E-state index in [0.717, 1.165) is 53.0 Å². The summed E-state index contributed by atoms with van der Waals surface area (Å²) in [7, 11) is -4.11. The van der Waals surface area contributed by atoms with Crippen LogP contribution in [0.1, 0.15) is 106 Å². The molecule has 2 heterocycles. The molecule has 0 saturated carbocycles. The number of fused-ring (bicyclic) bond motifs is 2. The Morgan fingerprint density at radius 3 is 2.30 bits per heavy atom. The highest BCUT2D eigenvalue weighted by Gasteiger charge is 2.44. The maximum Gasteiger partial charge on any atom is 0.333 e. The summed E-state index contributed by atoms with van der Waals surface area (Å²) in [5.41, 5.74) is 10.3. The van der Waals surface area contributed by atoms with Crippen molar-refractivity contribution in [1.82, 2.24) is 0 Å². The predicted octanol–water partition coefficient (Wildman–Crippen LogP) is 9.85. The summed E-state index contributed by atoms with van der Waals surface area (Å²) in [5, 5.41) is 0. The van der Waals surface area contributed by atoms with Gasteiger partial charge in [-0.1, -0.05) is 100 Å². The number of hydrogen-bond acceptors (Lipinski definition) is 6. The number of esters is 1. The van der Waals surface area contributed by atoms with Crippen LogP contribution in [0.15, 0.2) is 109 Å². The van der Waals surface area contributed by atoms with Gasteiger partial charge in [0.05, 0.1) is 17.8 Å². The van der Waals surface area contributed by atoms with Crippen molar-refractivity contribution in [2.24, 2.45) is 0 Å². The summed E-state index contributed by atoms with van der Waals surface area (Å²) < 4.78 is 40.5. The number of allylic oxidation sites excluding steroid dienone is 6. The maximum absolute atomic E-state index is 13.1. The molecule has 56 heavy (non-hydrogen) atoms. The minimum Gasteiger partial charge on any atom is -0.462 e. The van der Waals surface area contributed by atoms with Crippen molar-refractivity contribution in [3.63, 3.8) is 0 Å². The number of anilines is 1. The highest BCUT2D eigenvalue weighted by molar-refractivity contribution is 7.85. The van der Waals surface area contributed by atoms with Crippen LogP contribution in [-0.2, 0) is 30.5 Å². The van der Waals surface area contributed by atoms with Gasteiger partial charge in [0.1, 0.15) is 6.54 Å². The van der Waals surface area contributed by atoms with E-state index >= 15 is 0 Å². The van der Waals surface area contributed by atoms with Crippen molar-refractivity contribution in [2.75, 3.05) is 30.3 Å². The van der Waals surface area contributed by atoms with Gasteiger partial charge < -0.3 is 9.64 Å². The highest BCUT2D eigenvalue weighted by atomic mass is 32.2. The Hall–Kier alpha value is -4.86.